The van der Waals surface area contributed by atoms with Crippen molar-refractivity contribution in [1.29, 1.82) is 0 Å². The Balaban J connectivity index is 2.88. The van der Waals surface area contributed by atoms with Crippen molar-refractivity contribution in [3.63, 3.8) is 0 Å². The van der Waals surface area contributed by atoms with Crippen molar-refractivity contribution in [2.75, 3.05) is 11.9 Å². The third-order valence-electron chi connectivity index (χ3n) is 1.31. The smallest absolute Gasteiger partial charge is 0.145 e. The largest absolute Gasteiger partial charge is 0.491 e. The Kier molecular flexibility index (Phi) is 4.49. The summed E-state index contributed by atoms with van der Waals surface area (Å²) in [6.07, 6.45) is 0. The molecule has 0 radical (unpaired) electrons. The van der Waals surface area contributed by atoms with Crippen LogP contribution in [0.25, 0.3) is 0 Å². The molecule has 5 heteroatoms. The number of halogens is 4. The first-order valence-electron chi connectivity index (χ1n) is 3.48. The van der Waals surface area contributed by atoms with Crippen molar-refractivity contribution in [1.82, 2.24) is 0 Å². The van der Waals surface area contributed by atoms with Crippen LogP contribution < -0.4 is 4.74 Å². The number of hydrogen-bond acceptors (Lipinski definition) is 1. The van der Waals surface area contributed by atoms with Crippen LogP contribution in [0.2, 0.25) is 5.02 Å². The van der Waals surface area contributed by atoms with Crippen LogP contribution in [-0.2, 0) is 0 Å². The van der Waals surface area contributed by atoms with E-state index in [1.807, 2.05) is 0 Å². The molecule has 0 spiro atoms. The number of alkyl halides is 1. The molecule has 0 saturated carbocycles. The van der Waals surface area contributed by atoms with E-state index >= 15 is 0 Å². The molecule has 13 heavy (non-hydrogen) atoms. The normalized spacial score (nSPS) is 10.2. The molecule has 0 bridgehead atoms. The molecular weight excluding hydrogens is 326 g/mol. The second-order valence-corrected chi connectivity index (χ2v) is 4.29. The first-order chi connectivity index (χ1) is 6.15. The van der Waals surface area contributed by atoms with Crippen LogP contribution in [0, 0.1) is 5.82 Å². The van der Waals surface area contributed by atoms with Crippen LogP contribution in [0.4, 0.5) is 4.39 Å². The molecule has 0 amide bonds. The van der Waals surface area contributed by atoms with Crippen molar-refractivity contribution in [2.45, 2.75) is 0 Å². The molecule has 0 aliphatic heterocycles. The SMILES string of the molecule is Fc1cc(OCCBr)c(Br)cc1Cl. The Bertz CT molecular complexity index is 306. The minimum absolute atomic E-state index is 0.0815. The van der Waals surface area contributed by atoms with Gasteiger partial charge in [-0.25, -0.2) is 4.39 Å². The number of ether oxygens (including phenoxy) is 1. The summed E-state index contributed by atoms with van der Waals surface area (Å²) in [7, 11) is 0. The van der Waals surface area contributed by atoms with Gasteiger partial charge in [0.25, 0.3) is 0 Å². The molecule has 1 rings (SSSR count). The van der Waals surface area contributed by atoms with E-state index in [0.717, 1.165) is 0 Å². The third kappa shape index (κ3) is 3.11. The zero-order valence-corrected chi connectivity index (χ0v) is 10.4. The van der Waals surface area contributed by atoms with Gasteiger partial charge < -0.3 is 4.74 Å². The van der Waals surface area contributed by atoms with Gasteiger partial charge in [-0.3, -0.25) is 0 Å². The fraction of sp³-hybridized carbons (Fsp3) is 0.250. The van der Waals surface area contributed by atoms with Crippen LogP contribution in [0.15, 0.2) is 16.6 Å². The molecule has 1 nitrogen and oxygen atoms in total. The lowest BCUT2D eigenvalue weighted by Gasteiger charge is -2.06. The summed E-state index contributed by atoms with van der Waals surface area (Å²) >= 11 is 12.0. The Morgan fingerprint density at radius 2 is 2.15 bits per heavy atom. The number of rotatable bonds is 3. The highest BCUT2D eigenvalue weighted by atomic mass is 79.9. The van der Waals surface area contributed by atoms with Gasteiger partial charge in [0.1, 0.15) is 11.6 Å². The van der Waals surface area contributed by atoms with Gasteiger partial charge in [-0.15, -0.1) is 0 Å². The Hall–Kier alpha value is 0.200. The Labute approximate surface area is 97.5 Å². The van der Waals surface area contributed by atoms with Crippen LogP contribution in [0.1, 0.15) is 0 Å². The van der Waals surface area contributed by atoms with Crippen molar-refractivity contribution in [3.05, 3.63) is 27.4 Å². The van der Waals surface area contributed by atoms with E-state index in [1.165, 1.54) is 12.1 Å². The van der Waals surface area contributed by atoms with Crippen LogP contribution >= 0.6 is 43.5 Å². The van der Waals surface area contributed by atoms with E-state index in [9.17, 15) is 4.39 Å². The topological polar surface area (TPSA) is 9.23 Å². The van der Waals surface area contributed by atoms with Crippen molar-refractivity contribution < 1.29 is 9.13 Å². The summed E-state index contributed by atoms with van der Waals surface area (Å²) in [5.74, 6) is -0.0178. The molecule has 1 aromatic rings. The lowest BCUT2D eigenvalue weighted by Crippen LogP contribution is -1.98. The molecule has 0 aromatic heterocycles. The average molecular weight is 332 g/mol. The molecule has 0 saturated heterocycles. The lowest BCUT2D eigenvalue weighted by atomic mass is 10.3. The zero-order chi connectivity index (χ0) is 9.84. The van der Waals surface area contributed by atoms with E-state index in [1.54, 1.807) is 0 Å². The van der Waals surface area contributed by atoms with Crippen molar-refractivity contribution >= 4 is 43.5 Å². The predicted molar refractivity (Wildman–Crippen MR) is 58.4 cm³/mol. The Morgan fingerprint density at radius 3 is 2.77 bits per heavy atom. The minimum Gasteiger partial charge on any atom is -0.491 e. The molecule has 0 aliphatic rings. The monoisotopic (exact) mass is 330 g/mol. The summed E-state index contributed by atoms with van der Waals surface area (Å²) in [6, 6.07) is 2.73. The number of benzene rings is 1. The van der Waals surface area contributed by atoms with E-state index in [0.29, 0.717) is 22.2 Å². The van der Waals surface area contributed by atoms with Gasteiger partial charge in [-0.05, 0) is 22.0 Å². The maximum absolute atomic E-state index is 12.9. The van der Waals surface area contributed by atoms with E-state index in [2.05, 4.69) is 31.9 Å². The van der Waals surface area contributed by atoms with E-state index in [4.69, 9.17) is 16.3 Å². The zero-order valence-electron chi connectivity index (χ0n) is 6.49. The highest BCUT2D eigenvalue weighted by Crippen LogP contribution is 2.30. The first-order valence-corrected chi connectivity index (χ1v) is 5.77. The van der Waals surface area contributed by atoms with Crippen molar-refractivity contribution in [3.8, 4) is 5.75 Å². The van der Waals surface area contributed by atoms with Gasteiger partial charge in [0.2, 0.25) is 0 Å². The molecule has 0 N–H and O–H groups in total. The van der Waals surface area contributed by atoms with E-state index < -0.39 is 5.82 Å². The molecule has 0 fully saturated rings. The molecule has 0 heterocycles. The second-order valence-electron chi connectivity index (χ2n) is 2.23. The highest BCUT2D eigenvalue weighted by molar-refractivity contribution is 9.10. The van der Waals surface area contributed by atoms with Crippen LogP contribution in [0.5, 0.6) is 5.75 Å². The summed E-state index contributed by atoms with van der Waals surface area (Å²) in [5.41, 5.74) is 0. The van der Waals surface area contributed by atoms with Crippen molar-refractivity contribution in [2.24, 2.45) is 0 Å². The standard InChI is InChI=1S/C8H6Br2ClFO/c9-1-2-13-8-4-7(12)6(11)3-5(8)10/h3-4H,1-2H2. The molecular formula is C8H6Br2ClFO. The van der Waals surface area contributed by atoms with Gasteiger partial charge in [-0.2, -0.15) is 0 Å². The summed E-state index contributed by atoms with van der Waals surface area (Å²) < 4.78 is 18.8. The lowest BCUT2D eigenvalue weighted by molar-refractivity contribution is 0.341. The predicted octanol–water partition coefficient (Wildman–Crippen LogP) is 4.02. The average Bonchev–Trinajstić information content (AvgIpc) is 2.09. The van der Waals surface area contributed by atoms with Gasteiger partial charge >= 0.3 is 0 Å². The quantitative estimate of drug-likeness (QED) is 0.600. The molecule has 0 atom stereocenters. The summed E-state index contributed by atoms with van der Waals surface area (Å²) in [6.45, 7) is 0.486. The summed E-state index contributed by atoms with van der Waals surface area (Å²) in [4.78, 5) is 0. The maximum atomic E-state index is 12.9. The third-order valence-corrected chi connectivity index (χ3v) is 2.54. The molecule has 0 aliphatic carbocycles. The molecule has 0 unspecified atom stereocenters. The van der Waals surface area contributed by atoms with Gasteiger partial charge in [0.05, 0.1) is 16.1 Å². The van der Waals surface area contributed by atoms with Crippen LogP contribution in [0.3, 0.4) is 0 Å². The second kappa shape index (κ2) is 5.17. The summed E-state index contributed by atoms with van der Waals surface area (Å²) in [5, 5.41) is 0.780. The Morgan fingerprint density at radius 1 is 1.46 bits per heavy atom. The minimum atomic E-state index is -0.477. The maximum Gasteiger partial charge on any atom is 0.145 e. The number of hydrogen-bond donors (Lipinski definition) is 0. The molecule has 1 aromatic carbocycles. The molecule has 72 valence electrons. The fourth-order valence-electron chi connectivity index (χ4n) is 0.763. The van der Waals surface area contributed by atoms with Gasteiger partial charge in [0.15, 0.2) is 0 Å². The van der Waals surface area contributed by atoms with Gasteiger partial charge in [-0.1, -0.05) is 27.5 Å². The van der Waals surface area contributed by atoms with E-state index in [-0.39, 0.29) is 5.02 Å². The highest BCUT2D eigenvalue weighted by Gasteiger charge is 2.07. The van der Waals surface area contributed by atoms with Gasteiger partial charge in [0, 0.05) is 11.4 Å². The fourth-order valence-corrected chi connectivity index (χ4v) is 1.68. The van der Waals surface area contributed by atoms with Crippen LogP contribution in [-0.4, -0.2) is 11.9 Å². The first kappa shape index (κ1) is 11.3.